The molecule has 15 heteroatoms. The van der Waals surface area contributed by atoms with Gasteiger partial charge in [-0.25, -0.2) is 14.5 Å². The molecule has 2 aromatic carbocycles. The fourth-order valence-corrected chi connectivity index (χ4v) is 6.39. The van der Waals surface area contributed by atoms with Crippen molar-refractivity contribution in [2.45, 2.75) is 49.1 Å². The minimum absolute atomic E-state index is 0.0906. The number of aliphatic carboxylic acids is 1. The quantitative estimate of drug-likeness (QED) is 0.172. The van der Waals surface area contributed by atoms with Crippen molar-refractivity contribution in [2.24, 2.45) is 0 Å². The van der Waals surface area contributed by atoms with Crippen LogP contribution in [0.2, 0.25) is 0 Å². The number of benzene rings is 2. The first kappa shape index (κ1) is 31.9. The minimum Gasteiger partial charge on any atom is -0.479 e. The van der Waals surface area contributed by atoms with Crippen molar-refractivity contribution in [3.8, 4) is 5.75 Å². The summed E-state index contributed by atoms with van der Waals surface area (Å²) in [6.45, 7) is -2.46. The summed E-state index contributed by atoms with van der Waals surface area (Å²) in [5.41, 5.74) is -3.29. The van der Waals surface area contributed by atoms with E-state index in [1.54, 1.807) is 60.7 Å². The largest absolute Gasteiger partial charge is 0.479 e. The van der Waals surface area contributed by atoms with E-state index in [1.807, 2.05) is 4.90 Å². The van der Waals surface area contributed by atoms with E-state index in [9.17, 15) is 41.8 Å². The second-order valence-corrected chi connectivity index (χ2v) is 11.3. The van der Waals surface area contributed by atoms with Gasteiger partial charge in [-0.3, -0.25) is 4.79 Å². The van der Waals surface area contributed by atoms with E-state index < -0.39 is 53.7 Å². The molecule has 0 spiro atoms. The average Bonchev–Trinajstić information content (AvgIpc) is 3.39. The molecule has 2 aromatic heterocycles. The number of carbonyl (C=O) groups is 2. The van der Waals surface area contributed by atoms with Gasteiger partial charge in [-0.15, -0.1) is 0 Å². The zero-order valence-corrected chi connectivity index (χ0v) is 24.4. The maximum Gasteiger partial charge on any atom is 0.399 e. The zero-order chi connectivity index (χ0) is 33.5. The van der Waals surface area contributed by atoms with Gasteiger partial charge in [-0.1, -0.05) is 60.7 Å². The van der Waals surface area contributed by atoms with Gasteiger partial charge in [-0.2, -0.15) is 27.1 Å². The molecule has 2 atom stereocenters. The minimum atomic E-state index is -5.36. The van der Waals surface area contributed by atoms with Crippen LogP contribution in [0.3, 0.4) is 0 Å². The molecule has 1 saturated heterocycles. The van der Waals surface area contributed by atoms with Gasteiger partial charge in [0.15, 0.2) is 0 Å². The molecule has 3 N–H and O–H groups in total. The summed E-state index contributed by atoms with van der Waals surface area (Å²) in [6.07, 6.45) is -3.73. The number of nitrogens with one attached hydrogen (secondary N) is 1. The summed E-state index contributed by atoms with van der Waals surface area (Å²) in [7, 11) is 0. The molecule has 2 unspecified atom stereocenters. The fraction of sp³-hybridized carbons (Fsp3) is 0.312. The van der Waals surface area contributed by atoms with E-state index >= 15 is 0 Å². The number of pyridine rings is 1. The van der Waals surface area contributed by atoms with Crippen molar-refractivity contribution in [1.29, 1.82) is 0 Å². The molecule has 2 aliphatic heterocycles. The van der Waals surface area contributed by atoms with E-state index in [-0.39, 0.29) is 43.2 Å². The van der Waals surface area contributed by atoms with Crippen LogP contribution in [-0.4, -0.2) is 68.3 Å². The lowest BCUT2D eigenvalue weighted by atomic mass is 9.75. The van der Waals surface area contributed by atoms with Crippen LogP contribution < -0.4 is 15.0 Å². The van der Waals surface area contributed by atoms with Gasteiger partial charge in [0, 0.05) is 24.6 Å². The highest BCUT2D eigenvalue weighted by atomic mass is 19.4. The van der Waals surface area contributed by atoms with Crippen LogP contribution in [0.1, 0.15) is 53.1 Å². The lowest BCUT2D eigenvalue weighted by molar-refractivity contribution is -0.209. The number of carbonyl (C=O) groups excluding carboxylic acids is 1. The molecule has 1 fully saturated rings. The Balaban J connectivity index is 1.46. The number of aliphatic hydroxyl groups is 1. The van der Waals surface area contributed by atoms with Crippen LogP contribution >= 0.6 is 0 Å². The number of rotatable bonds is 8. The van der Waals surface area contributed by atoms with Gasteiger partial charge in [0.1, 0.15) is 29.3 Å². The van der Waals surface area contributed by atoms with E-state index in [2.05, 4.69) is 15.0 Å². The molecular formula is C32H28F5N5O5. The third-order valence-corrected chi connectivity index (χ3v) is 8.54. The van der Waals surface area contributed by atoms with Crippen molar-refractivity contribution in [3.05, 3.63) is 101 Å². The molecule has 0 radical (unpaired) electrons. The normalized spacial score (nSPS) is 20.3. The molecule has 4 heterocycles. The predicted molar refractivity (Wildman–Crippen MR) is 157 cm³/mol. The van der Waals surface area contributed by atoms with E-state index in [0.29, 0.717) is 16.9 Å². The third-order valence-electron chi connectivity index (χ3n) is 8.54. The first-order valence-corrected chi connectivity index (χ1v) is 14.6. The third kappa shape index (κ3) is 5.86. The maximum absolute atomic E-state index is 14.9. The number of piperidine rings is 1. The van der Waals surface area contributed by atoms with E-state index in [0.717, 1.165) is 6.20 Å². The van der Waals surface area contributed by atoms with Gasteiger partial charge >= 0.3 is 18.8 Å². The van der Waals surface area contributed by atoms with Crippen LogP contribution in [0, 0.1) is 0 Å². The number of halogens is 5. The molecule has 6 rings (SSSR count). The van der Waals surface area contributed by atoms with Gasteiger partial charge in [0.25, 0.3) is 11.5 Å². The number of aromatic nitrogens is 3. The van der Waals surface area contributed by atoms with E-state index in [1.165, 1.54) is 16.8 Å². The van der Waals surface area contributed by atoms with Gasteiger partial charge in [0.2, 0.25) is 0 Å². The van der Waals surface area contributed by atoms with Crippen LogP contribution in [0.4, 0.5) is 33.6 Å². The highest BCUT2D eigenvalue weighted by Crippen LogP contribution is 2.53. The van der Waals surface area contributed by atoms with Crippen LogP contribution in [0.5, 0.6) is 5.75 Å². The Labute approximate surface area is 264 Å². The number of carboxylic acid groups (broad SMARTS) is 1. The van der Waals surface area contributed by atoms with Crippen LogP contribution in [0.25, 0.3) is 0 Å². The number of carboxylic acids is 1. The summed E-state index contributed by atoms with van der Waals surface area (Å²) in [5.74, 6) is -7.88. The predicted octanol–water partition coefficient (Wildman–Crippen LogP) is 5.31. The smallest absolute Gasteiger partial charge is 0.399 e. The van der Waals surface area contributed by atoms with Crippen molar-refractivity contribution in [3.63, 3.8) is 0 Å². The lowest BCUT2D eigenvalue weighted by Gasteiger charge is -2.38. The Morgan fingerprint density at radius 1 is 0.979 bits per heavy atom. The Kier molecular flexibility index (Phi) is 8.34. The number of alkyl halides is 5. The van der Waals surface area contributed by atoms with Gasteiger partial charge in [0.05, 0.1) is 11.9 Å². The average molecular weight is 658 g/mol. The Hall–Kier alpha value is -5.05. The molecule has 47 heavy (non-hydrogen) atoms. The van der Waals surface area contributed by atoms with Gasteiger partial charge in [-0.05, 0) is 36.1 Å². The zero-order valence-electron chi connectivity index (χ0n) is 24.4. The highest BCUT2D eigenvalue weighted by Gasteiger charge is 2.67. The summed E-state index contributed by atoms with van der Waals surface area (Å²) >= 11 is 0. The van der Waals surface area contributed by atoms with Gasteiger partial charge < -0.3 is 25.2 Å². The number of amides is 1. The first-order chi connectivity index (χ1) is 22.4. The summed E-state index contributed by atoms with van der Waals surface area (Å²) in [6, 6.07) is 19.6. The van der Waals surface area contributed by atoms with Crippen LogP contribution in [-0.2, 0) is 9.59 Å². The second kappa shape index (κ2) is 12.3. The standard InChI is InChI=1S/C32H28F5N5O5/c33-30(34)47-21-11-12-22(38-17-21)41-15-13-18(14-16-41)24-23-26(32(35,36)37)31(46,29(44)45)28(43)39-27(23)42(40-24)25(19-7-3-1-4-8-19)20-9-5-2-6-10-20/h1-12,17-18,25-26,30,46H,13-16H2,(H,39,43)(H,44,45). The summed E-state index contributed by atoms with van der Waals surface area (Å²) < 4.78 is 75.5. The monoisotopic (exact) mass is 657 g/mol. The topological polar surface area (TPSA) is 130 Å². The molecule has 0 aliphatic carbocycles. The summed E-state index contributed by atoms with van der Waals surface area (Å²) in [4.78, 5) is 31.3. The molecule has 10 nitrogen and oxygen atoms in total. The lowest BCUT2D eigenvalue weighted by Crippen LogP contribution is -2.60. The molecule has 0 bridgehead atoms. The number of hydrogen-bond donors (Lipinski definition) is 3. The van der Waals surface area contributed by atoms with Crippen LogP contribution in [0.15, 0.2) is 79.0 Å². The Morgan fingerprint density at radius 3 is 2.06 bits per heavy atom. The number of hydrogen-bond acceptors (Lipinski definition) is 7. The fourth-order valence-electron chi connectivity index (χ4n) is 6.39. The highest BCUT2D eigenvalue weighted by molar-refractivity contribution is 6.14. The number of ether oxygens (including phenoxy) is 1. The molecule has 1 amide bonds. The first-order valence-electron chi connectivity index (χ1n) is 14.6. The van der Waals surface area contributed by atoms with Crippen molar-refractivity contribution in [2.75, 3.05) is 23.3 Å². The maximum atomic E-state index is 14.9. The van der Waals surface area contributed by atoms with Crippen molar-refractivity contribution >= 4 is 23.5 Å². The number of nitrogens with zero attached hydrogens (tertiary/aromatic N) is 4. The molecular weight excluding hydrogens is 629 g/mol. The molecule has 0 saturated carbocycles. The summed E-state index contributed by atoms with van der Waals surface area (Å²) in [5, 5.41) is 27.8. The van der Waals surface area contributed by atoms with E-state index in [4.69, 9.17) is 5.10 Å². The molecule has 246 valence electrons. The molecule has 4 aromatic rings. The second-order valence-electron chi connectivity index (χ2n) is 11.3. The number of fused-ring (bicyclic) bond motifs is 1. The van der Waals surface area contributed by atoms with Crippen molar-refractivity contribution < 1.29 is 46.5 Å². The Morgan fingerprint density at radius 2 is 1.57 bits per heavy atom. The SMILES string of the molecule is O=C(O)C1(O)C(=O)Nc2c(c(C3CCN(c4ccc(OC(F)F)cn4)CC3)nn2C(c2ccccc2)c2ccccc2)C1C(F)(F)F. The van der Waals surface area contributed by atoms with Crippen molar-refractivity contribution in [1.82, 2.24) is 14.8 Å². The Bertz CT molecular complexity index is 1710. The number of anilines is 2. The molecule has 2 aliphatic rings.